The average molecular weight is 353 g/mol. The highest BCUT2D eigenvalue weighted by atomic mass is 32.1. The van der Waals surface area contributed by atoms with E-state index < -0.39 is 18.0 Å². The lowest BCUT2D eigenvalue weighted by atomic mass is 10.3. The number of benzene rings is 1. The number of alkyl halides is 3. The van der Waals surface area contributed by atoms with Crippen molar-refractivity contribution in [1.29, 1.82) is 0 Å². The quantitative estimate of drug-likeness (QED) is 0.723. The number of hydrogen-bond donors (Lipinski definition) is 1. The van der Waals surface area contributed by atoms with Gasteiger partial charge in [0.1, 0.15) is 5.75 Å². The molecule has 0 bridgehead atoms. The van der Waals surface area contributed by atoms with Gasteiger partial charge in [-0.1, -0.05) is 6.07 Å². The summed E-state index contributed by atoms with van der Waals surface area (Å²) in [5.74, 6) is -0.885. The Kier molecular flexibility index (Phi) is 4.26. The third kappa shape index (κ3) is 3.93. The molecule has 5 nitrogen and oxygen atoms in total. The number of anilines is 1. The number of amides is 1. The SMILES string of the molecule is O=C(/C=C/c1cnc2sccn12)Nc1cccc(OC(F)(F)F)c1. The van der Waals surface area contributed by atoms with Crippen molar-refractivity contribution in [2.45, 2.75) is 6.36 Å². The summed E-state index contributed by atoms with van der Waals surface area (Å²) < 4.78 is 42.2. The molecule has 3 rings (SSSR count). The molecule has 2 aromatic heterocycles. The van der Waals surface area contributed by atoms with Gasteiger partial charge in [-0.15, -0.1) is 24.5 Å². The Bertz CT molecular complexity index is 899. The molecule has 0 aliphatic carbocycles. The molecule has 3 aromatic rings. The second-order valence-corrected chi connectivity index (χ2v) is 5.51. The van der Waals surface area contributed by atoms with Gasteiger partial charge in [0, 0.05) is 29.4 Å². The van der Waals surface area contributed by atoms with Crippen LogP contribution in [0.4, 0.5) is 18.9 Å². The van der Waals surface area contributed by atoms with Crippen molar-refractivity contribution in [2.24, 2.45) is 0 Å². The van der Waals surface area contributed by atoms with Crippen LogP contribution >= 0.6 is 11.3 Å². The molecule has 0 saturated carbocycles. The first-order valence-corrected chi connectivity index (χ1v) is 7.54. The van der Waals surface area contributed by atoms with Gasteiger partial charge in [0.05, 0.1) is 11.9 Å². The van der Waals surface area contributed by atoms with Crippen LogP contribution in [0.2, 0.25) is 0 Å². The lowest BCUT2D eigenvalue weighted by Crippen LogP contribution is -2.17. The maximum absolute atomic E-state index is 12.2. The number of fused-ring (bicyclic) bond motifs is 1. The molecule has 0 aliphatic heterocycles. The summed E-state index contributed by atoms with van der Waals surface area (Å²) in [6.07, 6.45) is 1.50. The van der Waals surface area contributed by atoms with E-state index in [-0.39, 0.29) is 5.69 Å². The topological polar surface area (TPSA) is 55.6 Å². The van der Waals surface area contributed by atoms with E-state index in [4.69, 9.17) is 0 Å². The van der Waals surface area contributed by atoms with Gasteiger partial charge in [-0.25, -0.2) is 4.98 Å². The number of aromatic nitrogens is 2. The van der Waals surface area contributed by atoms with Crippen molar-refractivity contribution in [3.8, 4) is 5.75 Å². The van der Waals surface area contributed by atoms with Crippen molar-refractivity contribution in [3.05, 3.63) is 53.8 Å². The highest BCUT2D eigenvalue weighted by molar-refractivity contribution is 7.15. The fraction of sp³-hybridized carbons (Fsp3) is 0.0667. The van der Waals surface area contributed by atoms with Crippen LogP contribution in [0.1, 0.15) is 5.69 Å². The van der Waals surface area contributed by atoms with Crippen LogP contribution in [-0.2, 0) is 4.79 Å². The van der Waals surface area contributed by atoms with Crippen molar-refractivity contribution in [3.63, 3.8) is 0 Å². The summed E-state index contributed by atoms with van der Waals surface area (Å²) in [5, 5.41) is 4.34. The Morgan fingerprint density at radius 3 is 3.00 bits per heavy atom. The number of thiazole rings is 1. The molecule has 0 radical (unpaired) electrons. The second-order valence-electron chi connectivity index (χ2n) is 4.64. The minimum atomic E-state index is -4.78. The molecule has 1 aromatic carbocycles. The van der Waals surface area contributed by atoms with Crippen LogP contribution in [0.25, 0.3) is 11.0 Å². The predicted octanol–water partition coefficient (Wildman–Crippen LogP) is 3.95. The largest absolute Gasteiger partial charge is 0.573 e. The summed E-state index contributed by atoms with van der Waals surface area (Å²) in [6.45, 7) is 0. The molecule has 9 heteroatoms. The average Bonchev–Trinajstić information content (AvgIpc) is 3.07. The summed E-state index contributed by atoms with van der Waals surface area (Å²) in [5.41, 5.74) is 0.913. The first kappa shape index (κ1) is 16.1. The van der Waals surface area contributed by atoms with Crippen LogP contribution in [0, 0.1) is 0 Å². The van der Waals surface area contributed by atoms with Gasteiger partial charge in [0.2, 0.25) is 5.91 Å². The van der Waals surface area contributed by atoms with E-state index in [9.17, 15) is 18.0 Å². The molecule has 0 fully saturated rings. The van der Waals surface area contributed by atoms with Gasteiger partial charge in [-0.2, -0.15) is 0 Å². The summed E-state index contributed by atoms with van der Waals surface area (Å²) in [6, 6.07) is 5.06. The summed E-state index contributed by atoms with van der Waals surface area (Å²) in [4.78, 5) is 16.9. The van der Waals surface area contributed by atoms with Gasteiger partial charge >= 0.3 is 6.36 Å². The maximum atomic E-state index is 12.2. The number of nitrogens with zero attached hydrogens (tertiary/aromatic N) is 2. The van der Waals surface area contributed by atoms with E-state index in [1.54, 1.807) is 12.3 Å². The third-order valence-electron chi connectivity index (χ3n) is 2.92. The first-order chi connectivity index (χ1) is 11.4. The fourth-order valence-electron chi connectivity index (χ4n) is 1.98. The van der Waals surface area contributed by atoms with Crippen molar-refractivity contribution >= 4 is 34.0 Å². The monoisotopic (exact) mass is 353 g/mol. The van der Waals surface area contributed by atoms with E-state index in [0.717, 1.165) is 22.8 Å². The molecule has 0 unspecified atom stereocenters. The number of nitrogens with one attached hydrogen (secondary N) is 1. The van der Waals surface area contributed by atoms with Crippen LogP contribution in [0.3, 0.4) is 0 Å². The Morgan fingerprint density at radius 1 is 1.38 bits per heavy atom. The zero-order chi connectivity index (χ0) is 17.2. The van der Waals surface area contributed by atoms with Gasteiger partial charge in [0.25, 0.3) is 0 Å². The van der Waals surface area contributed by atoms with E-state index in [2.05, 4.69) is 15.0 Å². The number of halogens is 3. The molecule has 0 aliphatic rings. The fourth-order valence-corrected chi connectivity index (χ4v) is 2.68. The van der Waals surface area contributed by atoms with Gasteiger partial charge in [-0.3, -0.25) is 9.20 Å². The smallest absolute Gasteiger partial charge is 0.406 e. The van der Waals surface area contributed by atoms with E-state index in [1.165, 1.54) is 29.5 Å². The van der Waals surface area contributed by atoms with E-state index >= 15 is 0 Å². The van der Waals surface area contributed by atoms with Crippen LogP contribution < -0.4 is 10.1 Å². The Hall–Kier alpha value is -2.81. The van der Waals surface area contributed by atoms with E-state index in [1.807, 2.05) is 16.0 Å². The molecular weight excluding hydrogens is 343 g/mol. The molecule has 1 N–H and O–H groups in total. The molecule has 24 heavy (non-hydrogen) atoms. The van der Waals surface area contributed by atoms with Crippen LogP contribution in [-0.4, -0.2) is 21.7 Å². The number of imidazole rings is 1. The molecule has 0 spiro atoms. The Morgan fingerprint density at radius 2 is 2.21 bits per heavy atom. The molecular formula is C15H10F3N3O2S. The molecule has 2 heterocycles. The van der Waals surface area contributed by atoms with Crippen molar-refractivity contribution in [1.82, 2.24) is 9.38 Å². The standard InChI is InChI=1S/C15H10F3N3O2S/c16-15(17,18)23-12-3-1-2-10(8-12)20-13(22)5-4-11-9-19-14-21(11)6-7-24-14/h1-9H,(H,20,22)/b5-4+. The minimum absolute atomic E-state index is 0.195. The molecule has 124 valence electrons. The third-order valence-corrected chi connectivity index (χ3v) is 3.69. The minimum Gasteiger partial charge on any atom is -0.406 e. The number of carbonyl (C=O) groups excluding carboxylic acids is 1. The molecule has 0 saturated heterocycles. The predicted molar refractivity (Wildman–Crippen MR) is 83.9 cm³/mol. The van der Waals surface area contributed by atoms with Crippen LogP contribution in [0.5, 0.6) is 5.75 Å². The highest BCUT2D eigenvalue weighted by Crippen LogP contribution is 2.25. The zero-order valence-corrected chi connectivity index (χ0v) is 12.8. The van der Waals surface area contributed by atoms with Crippen molar-refractivity contribution < 1.29 is 22.7 Å². The van der Waals surface area contributed by atoms with Gasteiger partial charge < -0.3 is 10.1 Å². The number of carbonyl (C=O) groups is 1. The number of hydrogen-bond acceptors (Lipinski definition) is 4. The normalized spacial score (nSPS) is 12.0. The lowest BCUT2D eigenvalue weighted by molar-refractivity contribution is -0.274. The first-order valence-electron chi connectivity index (χ1n) is 6.66. The molecule has 1 amide bonds. The van der Waals surface area contributed by atoms with Gasteiger partial charge in [0.15, 0.2) is 4.96 Å². The lowest BCUT2D eigenvalue weighted by Gasteiger charge is -2.10. The number of ether oxygens (including phenoxy) is 1. The van der Waals surface area contributed by atoms with E-state index in [0.29, 0.717) is 0 Å². The van der Waals surface area contributed by atoms with Crippen LogP contribution in [0.15, 0.2) is 48.1 Å². The Balaban J connectivity index is 1.67. The zero-order valence-electron chi connectivity index (χ0n) is 11.9. The summed E-state index contributed by atoms with van der Waals surface area (Å²) in [7, 11) is 0. The maximum Gasteiger partial charge on any atom is 0.573 e. The second kappa shape index (κ2) is 6.36. The summed E-state index contributed by atoms with van der Waals surface area (Å²) >= 11 is 1.46. The van der Waals surface area contributed by atoms with Gasteiger partial charge in [-0.05, 0) is 18.2 Å². The van der Waals surface area contributed by atoms with Crippen molar-refractivity contribution in [2.75, 3.05) is 5.32 Å². The number of rotatable bonds is 4. The Labute approximate surface area is 138 Å². The molecule has 0 atom stereocenters. The highest BCUT2D eigenvalue weighted by Gasteiger charge is 2.31.